The van der Waals surface area contributed by atoms with Crippen LogP contribution in [0.4, 0.5) is 0 Å². The summed E-state index contributed by atoms with van der Waals surface area (Å²) in [5.41, 5.74) is 2.22. The molecule has 0 saturated carbocycles. The average molecular weight is 250 g/mol. The molecule has 4 nitrogen and oxygen atoms in total. The quantitative estimate of drug-likeness (QED) is 0.809. The molecule has 0 aliphatic heterocycles. The molecule has 1 amide bonds. The maximum Gasteiger partial charge on any atom is 0.233 e. The van der Waals surface area contributed by atoms with Crippen molar-refractivity contribution in [3.8, 4) is 5.75 Å². The van der Waals surface area contributed by atoms with Crippen molar-refractivity contribution in [2.75, 3.05) is 20.2 Å². The van der Waals surface area contributed by atoms with Crippen LogP contribution in [0.2, 0.25) is 0 Å². The van der Waals surface area contributed by atoms with Gasteiger partial charge in [0.15, 0.2) is 0 Å². The van der Waals surface area contributed by atoms with Gasteiger partial charge in [-0.15, -0.1) is 0 Å². The highest BCUT2D eigenvalue weighted by Gasteiger charge is 2.12. The molecule has 0 heterocycles. The van der Waals surface area contributed by atoms with E-state index >= 15 is 0 Å². The van der Waals surface area contributed by atoms with Gasteiger partial charge in [0, 0.05) is 18.2 Å². The van der Waals surface area contributed by atoms with Crippen molar-refractivity contribution >= 4 is 5.91 Å². The molecule has 1 aromatic carbocycles. The first-order valence-electron chi connectivity index (χ1n) is 6.23. The van der Waals surface area contributed by atoms with Crippen molar-refractivity contribution in [3.63, 3.8) is 0 Å². The third kappa shape index (κ3) is 4.04. The van der Waals surface area contributed by atoms with Crippen LogP contribution in [0.25, 0.3) is 0 Å². The lowest BCUT2D eigenvalue weighted by molar-refractivity contribution is -0.120. The van der Waals surface area contributed by atoms with E-state index in [0.717, 1.165) is 16.9 Å². The molecule has 100 valence electrons. The van der Waals surface area contributed by atoms with Gasteiger partial charge in [0.2, 0.25) is 5.91 Å². The first-order valence-corrected chi connectivity index (χ1v) is 6.23. The molecule has 18 heavy (non-hydrogen) atoms. The highest BCUT2D eigenvalue weighted by atomic mass is 16.5. The van der Waals surface area contributed by atoms with E-state index in [1.54, 1.807) is 7.11 Å². The van der Waals surface area contributed by atoms with Crippen LogP contribution in [0.1, 0.15) is 31.0 Å². The molecule has 0 aromatic heterocycles. The Hall–Kier alpha value is -1.55. The zero-order chi connectivity index (χ0) is 13.5. The van der Waals surface area contributed by atoms with Crippen molar-refractivity contribution in [1.29, 1.82) is 0 Å². The second-order valence-electron chi connectivity index (χ2n) is 4.30. The number of likely N-dealkylation sites (N-methyl/N-ethyl adjacent to an activating group) is 1. The summed E-state index contributed by atoms with van der Waals surface area (Å²) in [4.78, 5) is 11.4. The molecule has 0 saturated heterocycles. The molecular weight excluding hydrogens is 228 g/mol. The first kappa shape index (κ1) is 14.5. The van der Waals surface area contributed by atoms with E-state index in [0.29, 0.717) is 13.1 Å². The van der Waals surface area contributed by atoms with Crippen molar-refractivity contribution in [2.24, 2.45) is 0 Å². The van der Waals surface area contributed by atoms with Crippen LogP contribution in [0.5, 0.6) is 5.75 Å². The predicted octanol–water partition coefficient (Wildman–Crippen LogP) is 1.79. The Bertz CT molecular complexity index is 405. The van der Waals surface area contributed by atoms with Crippen molar-refractivity contribution < 1.29 is 9.53 Å². The molecule has 0 aliphatic rings. The van der Waals surface area contributed by atoms with Gasteiger partial charge in [-0.05, 0) is 32.4 Å². The van der Waals surface area contributed by atoms with Crippen LogP contribution in [-0.4, -0.2) is 26.1 Å². The minimum Gasteiger partial charge on any atom is -0.496 e. The third-order valence-electron chi connectivity index (χ3n) is 2.80. The molecule has 0 bridgehead atoms. The summed E-state index contributed by atoms with van der Waals surface area (Å²) in [6.07, 6.45) is 0. The lowest BCUT2D eigenvalue weighted by Crippen LogP contribution is -2.34. The molecule has 0 fully saturated rings. The van der Waals surface area contributed by atoms with Crippen LogP contribution in [0.15, 0.2) is 18.2 Å². The molecule has 4 heteroatoms. The molecule has 2 N–H and O–H groups in total. The summed E-state index contributed by atoms with van der Waals surface area (Å²) in [5.74, 6) is 0.862. The second kappa shape index (κ2) is 7.01. The summed E-state index contributed by atoms with van der Waals surface area (Å²) < 4.78 is 5.36. The van der Waals surface area contributed by atoms with Gasteiger partial charge in [0.05, 0.1) is 13.7 Å². The monoisotopic (exact) mass is 250 g/mol. The summed E-state index contributed by atoms with van der Waals surface area (Å²) in [5, 5.41) is 5.94. The number of carbonyl (C=O) groups is 1. The highest BCUT2D eigenvalue weighted by Crippen LogP contribution is 2.25. The Labute approximate surface area is 109 Å². The van der Waals surface area contributed by atoms with Gasteiger partial charge >= 0.3 is 0 Å². The smallest absolute Gasteiger partial charge is 0.233 e. The minimum atomic E-state index is 0.00966. The van der Waals surface area contributed by atoms with Crippen LogP contribution in [0, 0.1) is 6.92 Å². The first-order chi connectivity index (χ1) is 8.58. The summed E-state index contributed by atoms with van der Waals surface area (Å²) in [6.45, 7) is 6.92. The van der Waals surface area contributed by atoms with Crippen molar-refractivity contribution in [1.82, 2.24) is 10.6 Å². The fourth-order valence-corrected chi connectivity index (χ4v) is 1.79. The average Bonchev–Trinajstić information content (AvgIpc) is 2.36. The van der Waals surface area contributed by atoms with Crippen LogP contribution in [-0.2, 0) is 4.79 Å². The number of nitrogens with one attached hydrogen (secondary N) is 2. The van der Waals surface area contributed by atoms with E-state index in [4.69, 9.17) is 4.74 Å². The number of methoxy groups -OCH3 is 1. The maximum absolute atomic E-state index is 11.4. The molecule has 1 unspecified atom stereocenters. The molecule has 0 radical (unpaired) electrons. The van der Waals surface area contributed by atoms with E-state index in [2.05, 4.69) is 10.6 Å². The molecule has 0 spiro atoms. The van der Waals surface area contributed by atoms with Gasteiger partial charge in [0.1, 0.15) is 5.75 Å². The zero-order valence-electron chi connectivity index (χ0n) is 11.5. The fourth-order valence-electron chi connectivity index (χ4n) is 1.79. The topological polar surface area (TPSA) is 50.4 Å². The number of hydrogen-bond donors (Lipinski definition) is 2. The fraction of sp³-hybridized carbons (Fsp3) is 0.500. The maximum atomic E-state index is 11.4. The lowest BCUT2D eigenvalue weighted by Gasteiger charge is -2.17. The number of aryl methyl sites for hydroxylation is 1. The Kier molecular flexibility index (Phi) is 5.65. The number of amides is 1. The zero-order valence-corrected chi connectivity index (χ0v) is 11.5. The third-order valence-corrected chi connectivity index (χ3v) is 2.80. The van der Waals surface area contributed by atoms with Crippen molar-refractivity contribution in [2.45, 2.75) is 26.8 Å². The highest BCUT2D eigenvalue weighted by molar-refractivity contribution is 5.77. The van der Waals surface area contributed by atoms with E-state index in [1.807, 2.05) is 39.0 Å². The summed E-state index contributed by atoms with van der Waals surface area (Å²) in [6, 6.07) is 6.15. The normalized spacial score (nSPS) is 12.0. The molecule has 1 rings (SSSR count). The van der Waals surface area contributed by atoms with Gasteiger partial charge < -0.3 is 15.4 Å². The SMILES string of the molecule is CCNC(=O)CNC(C)c1ccc(C)cc1OC. The van der Waals surface area contributed by atoms with Crippen molar-refractivity contribution in [3.05, 3.63) is 29.3 Å². The van der Waals surface area contributed by atoms with Gasteiger partial charge in [-0.3, -0.25) is 4.79 Å². The molecule has 1 aromatic rings. The standard InChI is InChI=1S/C14H22N2O2/c1-5-15-14(17)9-16-11(3)12-7-6-10(2)8-13(12)18-4/h6-8,11,16H,5,9H2,1-4H3,(H,15,17). The predicted molar refractivity (Wildman–Crippen MR) is 72.8 cm³/mol. The second-order valence-corrected chi connectivity index (χ2v) is 4.30. The molecule has 1 atom stereocenters. The number of hydrogen-bond acceptors (Lipinski definition) is 3. The number of carbonyl (C=O) groups excluding carboxylic acids is 1. The van der Waals surface area contributed by atoms with E-state index in [-0.39, 0.29) is 11.9 Å². The van der Waals surface area contributed by atoms with Gasteiger partial charge in [-0.2, -0.15) is 0 Å². The summed E-state index contributed by atoms with van der Waals surface area (Å²) >= 11 is 0. The van der Waals surface area contributed by atoms with Crippen LogP contribution in [0.3, 0.4) is 0 Å². The lowest BCUT2D eigenvalue weighted by atomic mass is 10.0. The molecule has 0 aliphatic carbocycles. The van der Waals surface area contributed by atoms with E-state index in [1.165, 1.54) is 0 Å². The largest absolute Gasteiger partial charge is 0.496 e. The Morgan fingerprint density at radius 1 is 1.44 bits per heavy atom. The van der Waals surface area contributed by atoms with Gasteiger partial charge in [-0.1, -0.05) is 12.1 Å². The minimum absolute atomic E-state index is 0.00966. The Morgan fingerprint density at radius 2 is 2.17 bits per heavy atom. The summed E-state index contributed by atoms with van der Waals surface area (Å²) in [7, 11) is 1.66. The Balaban J connectivity index is 2.66. The Morgan fingerprint density at radius 3 is 2.78 bits per heavy atom. The van der Waals surface area contributed by atoms with Gasteiger partial charge in [-0.25, -0.2) is 0 Å². The number of ether oxygens (including phenoxy) is 1. The van der Waals surface area contributed by atoms with Gasteiger partial charge in [0.25, 0.3) is 0 Å². The van der Waals surface area contributed by atoms with Crippen LogP contribution >= 0.6 is 0 Å². The number of benzene rings is 1. The van der Waals surface area contributed by atoms with Crippen LogP contribution < -0.4 is 15.4 Å². The van der Waals surface area contributed by atoms with E-state index in [9.17, 15) is 4.79 Å². The number of rotatable bonds is 6. The molecular formula is C14H22N2O2. The van der Waals surface area contributed by atoms with E-state index < -0.39 is 0 Å².